The number of carbonyl (C=O) groups is 2. The summed E-state index contributed by atoms with van der Waals surface area (Å²) in [6, 6.07) is 9.56. The molecule has 1 aliphatic carbocycles. The highest BCUT2D eigenvalue weighted by atomic mass is 35.5. The first-order valence-electron chi connectivity index (χ1n) is 12.9. The van der Waals surface area contributed by atoms with Crippen molar-refractivity contribution in [3.8, 4) is 17.2 Å². The fourth-order valence-electron chi connectivity index (χ4n) is 4.91. The van der Waals surface area contributed by atoms with Gasteiger partial charge in [0.2, 0.25) is 11.7 Å². The van der Waals surface area contributed by atoms with Crippen LogP contribution in [0, 0.1) is 0 Å². The summed E-state index contributed by atoms with van der Waals surface area (Å²) in [5.74, 6) is 0.327. The average molecular weight is 553 g/mol. The van der Waals surface area contributed by atoms with Gasteiger partial charge in [-0.1, -0.05) is 49.1 Å². The van der Waals surface area contributed by atoms with Crippen LogP contribution in [-0.4, -0.2) is 54.1 Å². The quantitative estimate of drug-likeness (QED) is 0.378. The summed E-state index contributed by atoms with van der Waals surface area (Å²) in [6.07, 6.45) is 9.31. The summed E-state index contributed by atoms with van der Waals surface area (Å²) in [6.45, 7) is 0.0501. The molecule has 10 heteroatoms. The van der Waals surface area contributed by atoms with Crippen molar-refractivity contribution >= 4 is 23.4 Å². The third kappa shape index (κ3) is 6.60. The monoisotopic (exact) mass is 552 g/mol. The molecule has 0 radical (unpaired) electrons. The number of hydrogen-bond donors (Lipinski definition) is 1. The fraction of sp³-hybridized carbons (Fsp3) is 0.379. The number of aromatic nitrogens is 2. The second-order valence-electron chi connectivity index (χ2n) is 9.32. The van der Waals surface area contributed by atoms with E-state index in [1.54, 1.807) is 18.2 Å². The Bertz CT molecular complexity index is 1260. The Hall–Kier alpha value is -3.85. The maximum atomic E-state index is 14.1. The minimum Gasteiger partial charge on any atom is -0.493 e. The lowest BCUT2D eigenvalue weighted by molar-refractivity contribution is -0.127. The molecule has 206 valence electrons. The van der Waals surface area contributed by atoms with E-state index in [0.29, 0.717) is 33.4 Å². The zero-order chi connectivity index (χ0) is 27.8. The molecule has 0 unspecified atom stereocenters. The van der Waals surface area contributed by atoms with E-state index in [1.165, 1.54) is 44.8 Å². The highest BCUT2D eigenvalue weighted by Gasteiger charge is 2.36. The van der Waals surface area contributed by atoms with Gasteiger partial charge in [0.1, 0.15) is 11.7 Å². The largest absolute Gasteiger partial charge is 0.493 e. The molecule has 1 fully saturated rings. The van der Waals surface area contributed by atoms with E-state index >= 15 is 0 Å². The molecule has 0 spiro atoms. The van der Waals surface area contributed by atoms with Gasteiger partial charge in [-0.05, 0) is 42.2 Å². The van der Waals surface area contributed by atoms with Crippen molar-refractivity contribution in [2.45, 2.75) is 50.7 Å². The number of nitrogens with one attached hydrogen (secondary N) is 1. The lowest BCUT2D eigenvalue weighted by atomic mass is 9.94. The number of carbonyl (C=O) groups excluding carboxylic acids is 2. The van der Waals surface area contributed by atoms with Crippen molar-refractivity contribution in [3.63, 3.8) is 0 Å². The lowest BCUT2D eigenvalue weighted by Crippen LogP contribution is -2.47. The Labute approximate surface area is 233 Å². The van der Waals surface area contributed by atoms with Crippen LogP contribution in [0.5, 0.6) is 17.2 Å². The van der Waals surface area contributed by atoms with E-state index in [-0.39, 0.29) is 24.2 Å². The molecule has 9 nitrogen and oxygen atoms in total. The minimum absolute atomic E-state index is 0.0181. The van der Waals surface area contributed by atoms with Gasteiger partial charge in [-0.2, -0.15) is 0 Å². The Morgan fingerprint density at radius 3 is 2.31 bits per heavy atom. The summed E-state index contributed by atoms with van der Waals surface area (Å²) in [4.78, 5) is 37.9. The van der Waals surface area contributed by atoms with E-state index < -0.39 is 11.9 Å². The standard InChI is InChI=1S/C29H33ClN4O5/c1-37-24-15-20(16-25(38-2)27(24)39-3)26(28(35)33-21-10-5-4-6-11-21)34(18-19-9-7-8-12-22(19)30)29(36)23-17-31-13-14-32-23/h7-9,12-17,21,26H,4-6,10-11,18H2,1-3H3,(H,33,35)/t26-/m1/s1. The van der Waals surface area contributed by atoms with Crippen LogP contribution in [0.4, 0.5) is 0 Å². The molecule has 3 aromatic rings. The summed E-state index contributed by atoms with van der Waals surface area (Å²) in [5.41, 5.74) is 1.27. The van der Waals surface area contributed by atoms with Crippen LogP contribution >= 0.6 is 11.6 Å². The molecule has 0 bridgehead atoms. The van der Waals surface area contributed by atoms with Gasteiger partial charge in [0.05, 0.1) is 27.5 Å². The third-order valence-electron chi connectivity index (χ3n) is 6.86. The van der Waals surface area contributed by atoms with Crippen LogP contribution in [-0.2, 0) is 11.3 Å². The van der Waals surface area contributed by atoms with E-state index in [0.717, 1.165) is 32.1 Å². The highest BCUT2D eigenvalue weighted by Crippen LogP contribution is 2.41. The van der Waals surface area contributed by atoms with Crippen LogP contribution < -0.4 is 19.5 Å². The number of ether oxygens (including phenoxy) is 3. The molecule has 1 N–H and O–H groups in total. The molecule has 2 aromatic carbocycles. The maximum absolute atomic E-state index is 14.1. The lowest BCUT2D eigenvalue weighted by Gasteiger charge is -2.34. The zero-order valence-corrected chi connectivity index (χ0v) is 23.1. The van der Waals surface area contributed by atoms with Gasteiger partial charge in [-0.3, -0.25) is 14.6 Å². The Morgan fingerprint density at radius 1 is 1.03 bits per heavy atom. The Balaban J connectivity index is 1.86. The van der Waals surface area contributed by atoms with Crippen LogP contribution in [0.3, 0.4) is 0 Å². The molecule has 1 heterocycles. The molecule has 1 saturated carbocycles. The van der Waals surface area contributed by atoms with Gasteiger partial charge in [0, 0.05) is 30.0 Å². The van der Waals surface area contributed by atoms with Crippen LogP contribution in [0.15, 0.2) is 55.0 Å². The van der Waals surface area contributed by atoms with E-state index in [1.807, 2.05) is 18.2 Å². The SMILES string of the molecule is COc1cc([C@H](C(=O)NC2CCCCC2)N(Cc2ccccc2Cl)C(=O)c2cnccn2)cc(OC)c1OC. The second-order valence-corrected chi connectivity index (χ2v) is 9.73. The number of benzene rings is 2. The second kappa shape index (κ2) is 13.3. The first kappa shape index (κ1) is 28.2. The summed E-state index contributed by atoms with van der Waals surface area (Å²) < 4.78 is 16.7. The third-order valence-corrected chi connectivity index (χ3v) is 7.22. The van der Waals surface area contributed by atoms with Gasteiger partial charge in [-0.25, -0.2) is 4.98 Å². The topological polar surface area (TPSA) is 103 Å². The molecule has 0 aliphatic heterocycles. The van der Waals surface area contributed by atoms with Gasteiger partial charge < -0.3 is 24.4 Å². The highest BCUT2D eigenvalue weighted by molar-refractivity contribution is 6.31. The number of amides is 2. The predicted octanol–water partition coefficient (Wildman–Crippen LogP) is 4.99. The summed E-state index contributed by atoms with van der Waals surface area (Å²) in [7, 11) is 4.52. The number of hydrogen-bond acceptors (Lipinski definition) is 7. The maximum Gasteiger partial charge on any atom is 0.275 e. The molecular formula is C29H33ClN4O5. The van der Waals surface area contributed by atoms with E-state index in [4.69, 9.17) is 25.8 Å². The molecule has 0 saturated heterocycles. The molecular weight excluding hydrogens is 520 g/mol. The fourth-order valence-corrected chi connectivity index (χ4v) is 5.10. The number of nitrogens with zero attached hydrogens (tertiary/aromatic N) is 3. The van der Waals surface area contributed by atoms with Crippen molar-refractivity contribution in [2.24, 2.45) is 0 Å². The van der Waals surface area contributed by atoms with E-state index in [2.05, 4.69) is 15.3 Å². The average Bonchev–Trinajstić information content (AvgIpc) is 2.97. The molecule has 39 heavy (non-hydrogen) atoms. The van der Waals surface area contributed by atoms with Crippen molar-refractivity contribution in [1.82, 2.24) is 20.2 Å². The number of methoxy groups -OCH3 is 3. The molecule has 4 rings (SSSR count). The Kier molecular flexibility index (Phi) is 9.59. The van der Waals surface area contributed by atoms with Crippen LogP contribution in [0.2, 0.25) is 5.02 Å². The van der Waals surface area contributed by atoms with Crippen LogP contribution in [0.25, 0.3) is 0 Å². The van der Waals surface area contributed by atoms with Gasteiger partial charge >= 0.3 is 0 Å². The van der Waals surface area contributed by atoms with Crippen molar-refractivity contribution in [3.05, 3.63) is 76.8 Å². The smallest absolute Gasteiger partial charge is 0.275 e. The zero-order valence-electron chi connectivity index (χ0n) is 22.4. The van der Waals surface area contributed by atoms with Gasteiger partial charge in [0.25, 0.3) is 5.91 Å². The van der Waals surface area contributed by atoms with Crippen LogP contribution in [0.1, 0.15) is 59.8 Å². The molecule has 1 atom stereocenters. The van der Waals surface area contributed by atoms with Gasteiger partial charge in [-0.15, -0.1) is 0 Å². The van der Waals surface area contributed by atoms with Crippen molar-refractivity contribution in [2.75, 3.05) is 21.3 Å². The van der Waals surface area contributed by atoms with Crippen molar-refractivity contribution < 1.29 is 23.8 Å². The summed E-state index contributed by atoms with van der Waals surface area (Å²) >= 11 is 6.52. The van der Waals surface area contributed by atoms with Crippen molar-refractivity contribution in [1.29, 1.82) is 0 Å². The molecule has 2 amide bonds. The van der Waals surface area contributed by atoms with Gasteiger partial charge in [0.15, 0.2) is 11.5 Å². The number of halogens is 1. The summed E-state index contributed by atoms with van der Waals surface area (Å²) in [5, 5.41) is 3.67. The number of rotatable bonds is 10. The first-order chi connectivity index (χ1) is 19.0. The first-order valence-corrected chi connectivity index (χ1v) is 13.2. The van der Waals surface area contributed by atoms with E-state index in [9.17, 15) is 9.59 Å². The molecule has 1 aromatic heterocycles. The normalized spacial score (nSPS) is 14.3. The Morgan fingerprint density at radius 2 is 1.72 bits per heavy atom. The predicted molar refractivity (Wildman–Crippen MR) is 147 cm³/mol. The molecule has 1 aliphatic rings. The minimum atomic E-state index is -1.06.